The summed E-state index contributed by atoms with van der Waals surface area (Å²) in [6.45, 7) is 5.59. The van der Waals surface area contributed by atoms with Gasteiger partial charge in [0.2, 0.25) is 5.91 Å². The molecule has 3 rings (SSSR count). The number of nitrogens with one attached hydrogen (secondary N) is 1. The maximum absolute atomic E-state index is 11.2. The first-order valence-electron chi connectivity index (χ1n) is 7.79. The van der Waals surface area contributed by atoms with E-state index in [0.717, 1.165) is 41.5 Å². The van der Waals surface area contributed by atoms with Crippen molar-refractivity contribution in [3.05, 3.63) is 23.8 Å². The second kappa shape index (κ2) is 6.72. The van der Waals surface area contributed by atoms with Gasteiger partial charge in [0.1, 0.15) is 5.69 Å². The fraction of sp³-hybridized carbons (Fsp3) is 0.500. The van der Waals surface area contributed by atoms with Gasteiger partial charge in [0.25, 0.3) is 0 Å². The van der Waals surface area contributed by atoms with Crippen molar-refractivity contribution in [2.24, 2.45) is 0 Å². The number of aromatic nitrogens is 3. The first-order chi connectivity index (χ1) is 11.0. The largest absolute Gasteiger partial charge is 0.306 e. The van der Waals surface area contributed by atoms with Crippen LogP contribution in [-0.2, 0) is 4.79 Å². The zero-order chi connectivity index (χ0) is 16.4. The molecule has 0 radical (unpaired) electrons. The number of carbonyl (C=O) groups excluding carboxylic acids is 1. The summed E-state index contributed by atoms with van der Waals surface area (Å²) in [4.78, 5) is 28.1. The molecule has 23 heavy (non-hydrogen) atoms. The Morgan fingerprint density at radius 3 is 2.96 bits per heavy atom. The van der Waals surface area contributed by atoms with Gasteiger partial charge >= 0.3 is 0 Å². The van der Waals surface area contributed by atoms with Crippen LogP contribution in [0.3, 0.4) is 0 Å². The van der Waals surface area contributed by atoms with E-state index >= 15 is 0 Å². The number of amides is 1. The fourth-order valence-corrected chi connectivity index (χ4v) is 3.90. The van der Waals surface area contributed by atoms with Crippen molar-refractivity contribution < 1.29 is 4.79 Å². The summed E-state index contributed by atoms with van der Waals surface area (Å²) in [5.41, 5.74) is 2.75. The van der Waals surface area contributed by atoms with E-state index in [1.807, 2.05) is 13.1 Å². The number of aryl methyl sites for hydroxylation is 1. The highest BCUT2D eigenvalue weighted by molar-refractivity contribution is 7.19. The average Bonchev–Trinajstić information content (AvgIpc) is 2.87. The summed E-state index contributed by atoms with van der Waals surface area (Å²) in [6, 6.07) is 0. The predicted molar refractivity (Wildman–Crippen MR) is 91.7 cm³/mol. The minimum Gasteiger partial charge on any atom is -0.306 e. The van der Waals surface area contributed by atoms with Gasteiger partial charge in [-0.05, 0) is 33.4 Å². The van der Waals surface area contributed by atoms with Crippen molar-refractivity contribution in [2.75, 3.05) is 25.5 Å². The van der Waals surface area contributed by atoms with E-state index in [2.05, 4.69) is 27.2 Å². The van der Waals surface area contributed by atoms with Crippen LogP contribution >= 0.6 is 11.3 Å². The van der Waals surface area contributed by atoms with E-state index < -0.39 is 0 Å². The summed E-state index contributed by atoms with van der Waals surface area (Å²) in [7, 11) is 2.15. The van der Waals surface area contributed by atoms with E-state index in [4.69, 9.17) is 4.98 Å². The molecule has 0 aliphatic carbocycles. The molecule has 7 heteroatoms. The number of piperidine rings is 1. The Bertz CT molecular complexity index is 714. The standard InChI is InChI=1S/C16H21N5OS/c1-10-15(23-16(18-10)19-11(2)22)14-8-17-7-13(20-14)12-5-4-6-21(3)9-12/h7-8,12H,4-6,9H2,1-3H3,(H,18,19,22)/t12-/m1/s1. The summed E-state index contributed by atoms with van der Waals surface area (Å²) >= 11 is 1.44. The van der Waals surface area contributed by atoms with Gasteiger partial charge < -0.3 is 10.2 Å². The van der Waals surface area contributed by atoms with E-state index in [1.165, 1.54) is 24.7 Å². The van der Waals surface area contributed by atoms with E-state index in [1.54, 1.807) is 6.20 Å². The molecule has 1 aliphatic rings. The first kappa shape index (κ1) is 16.0. The number of hydrogen-bond acceptors (Lipinski definition) is 6. The zero-order valence-corrected chi connectivity index (χ0v) is 14.5. The molecule has 2 aromatic heterocycles. The number of carbonyl (C=O) groups is 1. The van der Waals surface area contributed by atoms with Crippen molar-refractivity contribution in [3.63, 3.8) is 0 Å². The molecular weight excluding hydrogens is 310 g/mol. The molecular formula is C16H21N5OS. The van der Waals surface area contributed by atoms with Crippen LogP contribution in [0.1, 0.15) is 37.1 Å². The fourth-order valence-electron chi connectivity index (χ4n) is 2.93. The highest BCUT2D eigenvalue weighted by atomic mass is 32.1. The minimum absolute atomic E-state index is 0.115. The maximum Gasteiger partial charge on any atom is 0.223 e. The van der Waals surface area contributed by atoms with Crippen molar-refractivity contribution in [1.29, 1.82) is 0 Å². The molecule has 6 nitrogen and oxygen atoms in total. The molecule has 1 amide bonds. The number of rotatable bonds is 3. The molecule has 1 N–H and O–H groups in total. The first-order valence-corrected chi connectivity index (χ1v) is 8.60. The molecule has 1 atom stereocenters. The summed E-state index contributed by atoms with van der Waals surface area (Å²) in [5, 5.41) is 3.34. The highest BCUT2D eigenvalue weighted by Crippen LogP contribution is 2.32. The van der Waals surface area contributed by atoms with Crippen LogP contribution in [-0.4, -0.2) is 45.9 Å². The Morgan fingerprint density at radius 1 is 1.39 bits per heavy atom. The van der Waals surface area contributed by atoms with Gasteiger partial charge in [0.15, 0.2) is 5.13 Å². The second-order valence-electron chi connectivity index (χ2n) is 6.05. The van der Waals surface area contributed by atoms with E-state index in [-0.39, 0.29) is 5.91 Å². The van der Waals surface area contributed by atoms with Crippen LogP contribution in [0.2, 0.25) is 0 Å². The van der Waals surface area contributed by atoms with Crippen LogP contribution in [0.25, 0.3) is 10.6 Å². The maximum atomic E-state index is 11.2. The van der Waals surface area contributed by atoms with Gasteiger partial charge in [0, 0.05) is 25.6 Å². The minimum atomic E-state index is -0.115. The van der Waals surface area contributed by atoms with Crippen molar-refractivity contribution in [2.45, 2.75) is 32.6 Å². The Hall–Kier alpha value is -1.86. The quantitative estimate of drug-likeness (QED) is 0.936. The number of likely N-dealkylation sites (tertiary alicyclic amines) is 1. The third-order valence-electron chi connectivity index (χ3n) is 4.01. The highest BCUT2D eigenvalue weighted by Gasteiger charge is 2.21. The van der Waals surface area contributed by atoms with Crippen molar-refractivity contribution in [1.82, 2.24) is 19.9 Å². The second-order valence-corrected chi connectivity index (χ2v) is 7.04. The molecule has 0 saturated carbocycles. The Balaban J connectivity index is 1.87. The van der Waals surface area contributed by atoms with Gasteiger partial charge in [-0.15, -0.1) is 0 Å². The van der Waals surface area contributed by atoms with Crippen LogP contribution in [0, 0.1) is 6.92 Å². The summed E-state index contributed by atoms with van der Waals surface area (Å²) in [5.74, 6) is 0.319. The third-order valence-corrected chi connectivity index (χ3v) is 5.10. The molecule has 1 aliphatic heterocycles. The van der Waals surface area contributed by atoms with Crippen molar-refractivity contribution in [3.8, 4) is 10.6 Å². The molecule has 0 spiro atoms. The van der Waals surface area contributed by atoms with Crippen LogP contribution < -0.4 is 5.32 Å². The van der Waals surface area contributed by atoms with Gasteiger partial charge in [0.05, 0.1) is 22.5 Å². The number of nitrogens with zero attached hydrogens (tertiary/aromatic N) is 4. The van der Waals surface area contributed by atoms with Gasteiger partial charge in [-0.1, -0.05) is 11.3 Å². The van der Waals surface area contributed by atoms with Gasteiger partial charge in [-0.2, -0.15) is 0 Å². The van der Waals surface area contributed by atoms with Crippen LogP contribution in [0.4, 0.5) is 5.13 Å². The molecule has 1 fully saturated rings. The topological polar surface area (TPSA) is 71.0 Å². The number of hydrogen-bond donors (Lipinski definition) is 1. The molecule has 2 aromatic rings. The SMILES string of the molecule is CC(=O)Nc1nc(C)c(-c2cncc([C@@H]3CCCN(C)C3)n2)s1. The molecule has 1 saturated heterocycles. The molecule has 3 heterocycles. The normalized spacial score (nSPS) is 18.8. The van der Waals surface area contributed by atoms with Gasteiger partial charge in [-0.3, -0.25) is 9.78 Å². The Kier molecular flexibility index (Phi) is 4.68. The smallest absolute Gasteiger partial charge is 0.223 e. The lowest BCUT2D eigenvalue weighted by molar-refractivity contribution is -0.114. The van der Waals surface area contributed by atoms with E-state index in [9.17, 15) is 4.79 Å². The molecule has 0 bridgehead atoms. The summed E-state index contributed by atoms with van der Waals surface area (Å²) in [6.07, 6.45) is 5.99. The average molecular weight is 331 g/mol. The Morgan fingerprint density at radius 2 is 2.22 bits per heavy atom. The Labute approximate surface area is 140 Å². The van der Waals surface area contributed by atoms with Crippen LogP contribution in [0.15, 0.2) is 12.4 Å². The summed E-state index contributed by atoms with van der Waals surface area (Å²) < 4.78 is 0. The predicted octanol–water partition coefficient (Wildman–Crippen LogP) is 2.68. The zero-order valence-electron chi connectivity index (χ0n) is 13.7. The third kappa shape index (κ3) is 3.73. The van der Waals surface area contributed by atoms with E-state index in [0.29, 0.717) is 11.0 Å². The molecule has 0 unspecified atom stereocenters. The lowest BCUT2D eigenvalue weighted by Crippen LogP contribution is -2.31. The molecule has 0 aromatic carbocycles. The van der Waals surface area contributed by atoms with Crippen molar-refractivity contribution >= 4 is 22.4 Å². The number of anilines is 1. The monoisotopic (exact) mass is 331 g/mol. The number of thiazole rings is 1. The van der Waals surface area contributed by atoms with Gasteiger partial charge in [-0.25, -0.2) is 9.97 Å². The number of likely N-dealkylation sites (N-methyl/N-ethyl adjacent to an activating group) is 1. The van der Waals surface area contributed by atoms with Crippen LogP contribution in [0.5, 0.6) is 0 Å². The molecule has 122 valence electrons. The lowest BCUT2D eigenvalue weighted by Gasteiger charge is -2.29. The lowest BCUT2D eigenvalue weighted by atomic mass is 9.95.